The minimum absolute atomic E-state index is 0.130. The fourth-order valence-corrected chi connectivity index (χ4v) is 6.67. The van der Waals surface area contributed by atoms with Gasteiger partial charge in [0.05, 0.1) is 5.56 Å². The number of carbonyl (C=O) groups excluding carboxylic acids is 1. The zero-order valence-corrected chi connectivity index (χ0v) is 15.7. The predicted molar refractivity (Wildman–Crippen MR) is 97.2 cm³/mol. The first-order valence-corrected chi connectivity index (χ1v) is 9.83. The average molecular weight is 329 g/mol. The molecule has 0 unspecified atom stereocenters. The lowest BCUT2D eigenvalue weighted by Gasteiger charge is -2.56. The molecule has 5 rings (SSSR count). The van der Waals surface area contributed by atoms with E-state index in [-0.39, 0.29) is 5.91 Å². The van der Waals surface area contributed by atoms with Crippen LogP contribution in [-0.4, -0.2) is 17.0 Å². The lowest BCUT2D eigenvalue weighted by molar-refractivity contribution is -0.0503. The van der Waals surface area contributed by atoms with Crippen LogP contribution in [0, 0.1) is 37.0 Å². The second kappa shape index (κ2) is 5.64. The smallest absolute Gasteiger partial charge is 0.253 e. The van der Waals surface area contributed by atoms with Crippen LogP contribution in [0.25, 0.3) is 0 Å². The van der Waals surface area contributed by atoms with Gasteiger partial charge in [0.15, 0.2) is 0 Å². The van der Waals surface area contributed by atoms with Gasteiger partial charge in [-0.2, -0.15) is 0 Å². The third kappa shape index (κ3) is 2.60. The molecule has 0 spiro atoms. The third-order valence-electron chi connectivity index (χ3n) is 7.03. The van der Waals surface area contributed by atoms with Crippen LogP contribution in [0.3, 0.4) is 0 Å². The van der Waals surface area contributed by atoms with E-state index >= 15 is 0 Å². The molecular weight excluding hydrogens is 296 g/mol. The summed E-state index contributed by atoms with van der Waals surface area (Å²) in [5.74, 6) is 2.96. The maximum atomic E-state index is 12.8. The minimum Gasteiger partial charge on any atom is -0.351 e. The first-order valence-electron chi connectivity index (χ1n) is 9.83. The monoisotopic (exact) mass is 328 g/mol. The average Bonchev–Trinajstić information content (AvgIpc) is 2.78. The van der Waals surface area contributed by atoms with E-state index in [9.17, 15) is 4.79 Å². The maximum absolute atomic E-state index is 12.8. The van der Waals surface area contributed by atoms with Crippen LogP contribution in [0.15, 0.2) is 6.07 Å². The number of amides is 1. The van der Waals surface area contributed by atoms with Crippen LogP contribution in [0.2, 0.25) is 0 Å². The van der Waals surface area contributed by atoms with E-state index in [0.29, 0.717) is 11.5 Å². The topological polar surface area (TPSA) is 34.0 Å². The number of rotatable bonds is 4. The van der Waals surface area contributed by atoms with Crippen molar-refractivity contribution in [3.8, 4) is 0 Å². The lowest BCUT2D eigenvalue weighted by Crippen LogP contribution is -2.51. The van der Waals surface area contributed by atoms with Crippen molar-refractivity contribution < 1.29 is 4.79 Å². The molecule has 0 aliphatic heterocycles. The summed E-state index contributed by atoms with van der Waals surface area (Å²) in [5, 5.41) is 3.32. The SMILES string of the molecule is Cc1cc(C(=O)NCC23CC4CC(CC(C4)C2)C3)c(C)n1C(C)C. The lowest BCUT2D eigenvalue weighted by atomic mass is 9.49. The van der Waals surface area contributed by atoms with Crippen LogP contribution in [0.4, 0.5) is 0 Å². The quantitative estimate of drug-likeness (QED) is 0.859. The zero-order chi connectivity index (χ0) is 17.1. The standard InChI is InChI=1S/C21H32N2O/c1-13(2)23-14(3)5-19(15(23)4)20(24)22-12-21-9-16-6-17(10-21)8-18(7-16)11-21/h5,13,16-18H,6-12H2,1-4H3,(H,22,24). The van der Waals surface area contributed by atoms with Crippen molar-refractivity contribution in [1.82, 2.24) is 9.88 Å². The second-order valence-corrected chi connectivity index (χ2v) is 9.35. The molecule has 4 aliphatic carbocycles. The Bertz CT molecular complexity index is 620. The number of nitrogens with zero attached hydrogens (tertiary/aromatic N) is 1. The van der Waals surface area contributed by atoms with Gasteiger partial charge in [0.25, 0.3) is 5.91 Å². The molecule has 1 aromatic rings. The number of hydrogen-bond acceptors (Lipinski definition) is 1. The van der Waals surface area contributed by atoms with Crippen molar-refractivity contribution >= 4 is 5.91 Å². The Balaban J connectivity index is 1.47. The van der Waals surface area contributed by atoms with Crippen molar-refractivity contribution in [3.63, 3.8) is 0 Å². The summed E-state index contributed by atoms with van der Waals surface area (Å²) >= 11 is 0. The van der Waals surface area contributed by atoms with Gasteiger partial charge < -0.3 is 9.88 Å². The summed E-state index contributed by atoms with van der Waals surface area (Å²) in [4.78, 5) is 12.8. The number of nitrogens with one attached hydrogen (secondary N) is 1. The molecule has 0 saturated heterocycles. The highest BCUT2D eigenvalue weighted by Crippen LogP contribution is 2.59. The van der Waals surface area contributed by atoms with Gasteiger partial charge in [0, 0.05) is 24.0 Å². The third-order valence-corrected chi connectivity index (χ3v) is 7.03. The van der Waals surface area contributed by atoms with Crippen molar-refractivity contribution in [3.05, 3.63) is 23.0 Å². The predicted octanol–water partition coefficient (Wildman–Crippen LogP) is 4.63. The number of hydrogen-bond donors (Lipinski definition) is 1. The maximum Gasteiger partial charge on any atom is 0.253 e. The first-order chi connectivity index (χ1) is 11.4. The number of carbonyl (C=O) groups is 1. The Hall–Kier alpha value is -1.25. The molecule has 1 amide bonds. The fourth-order valence-electron chi connectivity index (χ4n) is 6.67. The molecule has 4 bridgehead atoms. The summed E-state index contributed by atoms with van der Waals surface area (Å²) in [5.41, 5.74) is 3.56. The molecule has 4 aliphatic rings. The van der Waals surface area contributed by atoms with Crippen LogP contribution in [0.1, 0.15) is 80.2 Å². The Morgan fingerprint density at radius 1 is 1.17 bits per heavy atom. The molecule has 132 valence electrons. The second-order valence-electron chi connectivity index (χ2n) is 9.35. The Labute approximate surface area is 146 Å². The van der Waals surface area contributed by atoms with E-state index in [4.69, 9.17) is 0 Å². The summed E-state index contributed by atoms with van der Waals surface area (Å²) in [7, 11) is 0. The van der Waals surface area contributed by atoms with Gasteiger partial charge in [0.2, 0.25) is 0 Å². The van der Waals surface area contributed by atoms with Crippen molar-refractivity contribution in [1.29, 1.82) is 0 Å². The van der Waals surface area contributed by atoms with Crippen molar-refractivity contribution in [2.75, 3.05) is 6.54 Å². The highest BCUT2D eigenvalue weighted by molar-refractivity contribution is 5.95. The summed E-state index contributed by atoms with van der Waals surface area (Å²) in [6.45, 7) is 9.42. The minimum atomic E-state index is 0.130. The molecule has 1 aromatic heterocycles. The fraction of sp³-hybridized carbons (Fsp3) is 0.762. The van der Waals surface area contributed by atoms with Crippen molar-refractivity contribution in [2.24, 2.45) is 23.2 Å². The van der Waals surface area contributed by atoms with Crippen LogP contribution < -0.4 is 5.32 Å². The zero-order valence-electron chi connectivity index (χ0n) is 15.7. The van der Waals surface area contributed by atoms with Crippen LogP contribution in [-0.2, 0) is 0 Å². The summed E-state index contributed by atoms with van der Waals surface area (Å²) in [6, 6.07) is 2.46. The van der Waals surface area contributed by atoms with Gasteiger partial charge in [-0.1, -0.05) is 0 Å². The highest BCUT2D eigenvalue weighted by Gasteiger charge is 2.50. The Morgan fingerprint density at radius 2 is 1.71 bits per heavy atom. The van der Waals surface area contributed by atoms with E-state index in [1.807, 2.05) is 0 Å². The number of aromatic nitrogens is 1. The molecule has 24 heavy (non-hydrogen) atoms. The number of aryl methyl sites for hydroxylation is 1. The van der Waals surface area contributed by atoms with Crippen molar-refractivity contribution in [2.45, 2.75) is 72.3 Å². The molecule has 4 saturated carbocycles. The molecule has 0 radical (unpaired) electrons. The highest BCUT2D eigenvalue weighted by atomic mass is 16.1. The van der Waals surface area contributed by atoms with E-state index in [2.05, 4.69) is 43.6 Å². The largest absolute Gasteiger partial charge is 0.351 e. The van der Waals surface area contributed by atoms with E-state index in [1.54, 1.807) is 0 Å². The van der Waals surface area contributed by atoms with Gasteiger partial charge >= 0.3 is 0 Å². The Kier molecular flexibility index (Phi) is 3.81. The molecule has 0 aromatic carbocycles. The molecule has 1 heterocycles. The van der Waals surface area contributed by atoms with Gasteiger partial charge in [-0.15, -0.1) is 0 Å². The molecule has 3 heteroatoms. The van der Waals surface area contributed by atoms with Gasteiger partial charge in [0.1, 0.15) is 0 Å². The van der Waals surface area contributed by atoms with Gasteiger partial charge in [-0.05, 0) is 95.5 Å². The normalized spacial score (nSPS) is 34.1. The van der Waals surface area contributed by atoms with Gasteiger partial charge in [-0.25, -0.2) is 0 Å². The molecule has 1 N–H and O–H groups in total. The summed E-state index contributed by atoms with van der Waals surface area (Å²) < 4.78 is 2.26. The van der Waals surface area contributed by atoms with Gasteiger partial charge in [-0.3, -0.25) is 4.79 Å². The van der Waals surface area contributed by atoms with Crippen LogP contribution >= 0.6 is 0 Å². The molecular formula is C21H32N2O. The summed E-state index contributed by atoms with van der Waals surface area (Å²) in [6.07, 6.45) is 8.44. The molecule has 4 fully saturated rings. The van der Waals surface area contributed by atoms with E-state index < -0.39 is 0 Å². The van der Waals surface area contributed by atoms with E-state index in [0.717, 1.165) is 35.6 Å². The first kappa shape index (κ1) is 16.2. The molecule has 0 atom stereocenters. The Morgan fingerprint density at radius 3 is 2.17 bits per heavy atom. The molecule has 3 nitrogen and oxygen atoms in total. The van der Waals surface area contributed by atoms with E-state index in [1.165, 1.54) is 44.2 Å². The van der Waals surface area contributed by atoms with Crippen LogP contribution in [0.5, 0.6) is 0 Å².